The topological polar surface area (TPSA) is 55.1 Å². The number of aromatic nitrogens is 1. The summed E-state index contributed by atoms with van der Waals surface area (Å²) in [6, 6.07) is 9.64. The number of benzene rings is 1. The molecular weight excluding hydrogens is 300 g/mol. The van der Waals surface area contributed by atoms with Crippen molar-refractivity contribution in [3.05, 3.63) is 53.1 Å². The van der Waals surface area contributed by atoms with Gasteiger partial charge in [-0.25, -0.2) is 4.98 Å². The van der Waals surface area contributed by atoms with Crippen LogP contribution in [-0.2, 0) is 0 Å². The van der Waals surface area contributed by atoms with E-state index in [-0.39, 0.29) is 0 Å². The van der Waals surface area contributed by atoms with Gasteiger partial charge in [0.1, 0.15) is 17.4 Å². The first-order chi connectivity index (χ1) is 11.7. The minimum atomic E-state index is 0.325. The van der Waals surface area contributed by atoms with Gasteiger partial charge in [0.15, 0.2) is 0 Å². The van der Waals surface area contributed by atoms with Gasteiger partial charge in [-0.2, -0.15) is 5.26 Å². The Morgan fingerprint density at radius 1 is 1.00 bits per heavy atom. The number of nitriles is 1. The summed E-state index contributed by atoms with van der Waals surface area (Å²) >= 11 is 0. The third-order valence-electron chi connectivity index (χ3n) is 3.51. The monoisotopic (exact) mass is 320 g/mol. The van der Waals surface area contributed by atoms with Crippen LogP contribution < -0.4 is 9.47 Å². The largest absolute Gasteiger partial charge is 0.496 e. The van der Waals surface area contributed by atoms with Crippen LogP contribution in [0.3, 0.4) is 0 Å². The molecule has 0 atom stereocenters. The Morgan fingerprint density at radius 3 is 2.08 bits per heavy atom. The van der Waals surface area contributed by atoms with Crippen LogP contribution in [0.1, 0.15) is 30.5 Å². The van der Waals surface area contributed by atoms with Gasteiger partial charge in [0, 0.05) is 16.7 Å². The van der Waals surface area contributed by atoms with E-state index >= 15 is 0 Å². The quantitative estimate of drug-likeness (QED) is 0.801. The summed E-state index contributed by atoms with van der Waals surface area (Å²) in [4.78, 5) is 4.46. The van der Waals surface area contributed by atoms with Crippen molar-refractivity contribution in [2.75, 3.05) is 14.2 Å². The highest BCUT2D eigenvalue weighted by atomic mass is 16.5. The summed E-state index contributed by atoms with van der Waals surface area (Å²) in [5, 5.41) is 9.10. The second-order valence-corrected chi connectivity index (χ2v) is 5.05. The predicted molar refractivity (Wildman–Crippen MR) is 96.9 cm³/mol. The van der Waals surface area contributed by atoms with Crippen molar-refractivity contribution in [1.29, 1.82) is 5.26 Å². The first-order valence-electron chi connectivity index (χ1n) is 7.61. The van der Waals surface area contributed by atoms with E-state index in [0.29, 0.717) is 11.4 Å². The second kappa shape index (κ2) is 7.98. The van der Waals surface area contributed by atoms with Gasteiger partial charge in [0.25, 0.3) is 0 Å². The van der Waals surface area contributed by atoms with Crippen LogP contribution in [0.2, 0.25) is 0 Å². The van der Waals surface area contributed by atoms with Crippen molar-refractivity contribution >= 4 is 12.2 Å². The maximum Gasteiger partial charge on any atom is 0.231 e. The van der Waals surface area contributed by atoms with E-state index < -0.39 is 0 Å². The molecule has 0 bridgehead atoms. The van der Waals surface area contributed by atoms with E-state index in [1.807, 2.05) is 56.4 Å². The van der Waals surface area contributed by atoms with Gasteiger partial charge in [0.2, 0.25) is 5.88 Å². The van der Waals surface area contributed by atoms with Gasteiger partial charge >= 0.3 is 0 Å². The Morgan fingerprint density at radius 2 is 1.62 bits per heavy atom. The lowest BCUT2D eigenvalue weighted by Crippen LogP contribution is -1.96. The number of hydrogen-bond donors (Lipinski definition) is 0. The molecule has 0 unspecified atom stereocenters. The molecule has 4 heteroatoms. The Bertz CT molecular complexity index is 797. The molecular formula is C20H20N2O2. The molecule has 1 aromatic carbocycles. The number of ether oxygens (including phenoxy) is 2. The molecule has 2 rings (SSSR count). The molecule has 0 saturated carbocycles. The molecule has 0 saturated heterocycles. The highest BCUT2D eigenvalue weighted by Gasteiger charge is 2.12. The summed E-state index contributed by atoms with van der Waals surface area (Å²) in [5.41, 5.74) is 4.02. The van der Waals surface area contributed by atoms with Gasteiger partial charge in [-0.15, -0.1) is 0 Å². The van der Waals surface area contributed by atoms with Crippen LogP contribution >= 0.6 is 0 Å². The summed E-state index contributed by atoms with van der Waals surface area (Å²) in [6.07, 6.45) is 7.92. The van der Waals surface area contributed by atoms with Crippen LogP contribution in [0.15, 0.2) is 36.4 Å². The molecule has 24 heavy (non-hydrogen) atoms. The van der Waals surface area contributed by atoms with Gasteiger partial charge in [0.05, 0.1) is 19.9 Å². The fourth-order valence-corrected chi connectivity index (χ4v) is 2.51. The SMILES string of the molecule is CC=Cc1cc(-c2ccc(C#N)c(OC)n2)cc(C=CC)c1OC. The normalized spacial score (nSPS) is 11.0. The molecule has 0 fully saturated rings. The van der Waals surface area contributed by atoms with Crippen LogP contribution in [0, 0.1) is 11.3 Å². The van der Waals surface area contributed by atoms with Gasteiger partial charge in [-0.1, -0.05) is 24.3 Å². The zero-order chi connectivity index (χ0) is 17.5. The average molecular weight is 320 g/mol. The smallest absolute Gasteiger partial charge is 0.231 e. The Balaban J connectivity index is 2.68. The molecule has 0 amide bonds. The van der Waals surface area contributed by atoms with Crippen molar-refractivity contribution in [3.63, 3.8) is 0 Å². The number of hydrogen-bond acceptors (Lipinski definition) is 4. The summed E-state index contributed by atoms with van der Waals surface area (Å²) in [5.74, 6) is 1.14. The van der Waals surface area contributed by atoms with Crippen LogP contribution in [0.5, 0.6) is 11.6 Å². The van der Waals surface area contributed by atoms with Crippen molar-refractivity contribution in [2.24, 2.45) is 0 Å². The van der Waals surface area contributed by atoms with Crippen LogP contribution in [0.25, 0.3) is 23.4 Å². The van der Waals surface area contributed by atoms with Gasteiger partial charge in [-0.05, 0) is 38.1 Å². The Labute approximate surface area is 142 Å². The Hall–Kier alpha value is -3.06. The number of rotatable bonds is 5. The lowest BCUT2D eigenvalue weighted by atomic mass is 10.00. The fraction of sp³-hybridized carbons (Fsp3) is 0.200. The zero-order valence-electron chi connectivity index (χ0n) is 14.3. The third kappa shape index (κ3) is 3.47. The van der Waals surface area contributed by atoms with Gasteiger partial charge in [-0.3, -0.25) is 0 Å². The molecule has 0 radical (unpaired) electrons. The summed E-state index contributed by atoms with van der Waals surface area (Å²) < 4.78 is 10.8. The van der Waals surface area contributed by atoms with E-state index in [0.717, 1.165) is 28.1 Å². The van der Waals surface area contributed by atoms with Crippen molar-refractivity contribution in [2.45, 2.75) is 13.8 Å². The molecule has 0 spiro atoms. The van der Waals surface area contributed by atoms with Crippen molar-refractivity contribution in [3.8, 4) is 29.0 Å². The number of allylic oxidation sites excluding steroid dienone is 2. The molecule has 2 aromatic rings. The molecule has 0 aliphatic carbocycles. The van der Waals surface area contributed by atoms with E-state index in [1.54, 1.807) is 13.2 Å². The van der Waals surface area contributed by atoms with E-state index in [9.17, 15) is 0 Å². The molecule has 0 aliphatic heterocycles. The van der Waals surface area contributed by atoms with Crippen LogP contribution in [-0.4, -0.2) is 19.2 Å². The molecule has 1 heterocycles. The zero-order valence-corrected chi connectivity index (χ0v) is 14.3. The van der Waals surface area contributed by atoms with E-state index in [4.69, 9.17) is 14.7 Å². The predicted octanol–water partition coefficient (Wildman–Crippen LogP) is 4.70. The number of pyridine rings is 1. The molecule has 1 aromatic heterocycles. The van der Waals surface area contributed by atoms with Crippen LogP contribution in [0.4, 0.5) is 0 Å². The maximum absolute atomic E-state index is 9.10. The molecule has 0 aliphatic rings. The van der Waals surface area contributed by atoms with E-state index in [1.165, 1.54) is 7.11 Å². The van der Waals surface area contributed by atoms with E-state index in [2.05, 4.69) is 11.1 Å². The third-order valence-corrected chi connectivity index (χ3v) is 3.51. The Kier molecular flexibility index (Phi) is 5.75. The standard InChI is InChI=1S/C20H20N2O2/c1-5-7-14-11-17(12-15(8-6-2)19(14)23-3)18-10-9-16(13-21)20(22-18)24-4/h5-12H,1-4H3. The number of methoxy groups -OCH3 is 2. The minimum absolute atomic E-state index is 0.325. The summed E-state index contributed by atoms with van der Waals surface area (Å²) in [7, 11) is 3.18. The molecule has 122 valence electrons. The lowest BCUT2D eigenvalue weighted by molar-refractivity contribution is 0.397. The summed E-state index contributed by atoms with van der Waals surface area (Å²) in [6.45, 7) is 3.93. The average Bonchev–Trinajstić information content (AvgIpc) is 2.61. The molecule has 0 N–H and O–H groups in total. The fourth-order valence-electron chi connectivity index (χ4n) is 2.51. The second-order valence-electron chi connectivity index (χ2n) is 5.05. The first kappa shape index (κ1) is 17.3. The number of nitrogens with zero attached hydrogens (tertiary/aromatic N) is 2. The molecule has 4 nitrogen and oxygen atoms in total. The maximum atomic E-state index is 9.10. The first-order valence-corrected chi connectivity index (χ1v) is 7.61. The van der Waals surface area contributed by atoms with Crippen molar-refractivity contribution in [1.82, 2.24) is 4.98 Å². The van der Waals surface area contributed by atoms with Crippen molar-refractivity contribution < 1.29 is 9.47 Å². The highest BCUT2D eigenvalue weighted by Crippen LogP contribution is 2.33. The lowest BCUT2D eigenvalue weighted by Gasteiger charge is -2.13. The highest BCUT2D eigenvalue weighted by molar-refractivity contribution is 5.76. The minimum Gasteiger partial charge on any atom is -0.496 e. The van der Waals surface area contributed by atoms with Gasteiger partial charge < -0.3 is 9.47 Å².